The van der Waals surface area contributed by atoms with Gasteiger partial charge in [-0.1, -0.05) is 26.0 Å². The summed E-state index contributed by atoms with van der Waals surface area (Å²) in [6.45, 7) is 4.04. The monoisotopic (exact) mass is 328 g/mol. The summed E-state index contributed by atoms with van der Waals surface area (Å²) in [5.41, 5.74) is 1.32. The van der Waals surface area contributed by atoms with Gasteiger partial charge >= 0.3 is 0 Å². The van der Waals surface area contributed by atoms with Crippen molar-refractivity contribution in [2.75, 3.05) is 7.11 Å². The lowest BCUT2D eigenvalue weighted by Crippen LogP contribution is -2.31. The molecule has 0 aliphatic rings. The third-order valence-electron chi connectivity index (χ3n) is 3.77. The Morgan fingerprint density at radius 2 is 1.67 bits per heavy atom. The Kier molecular flexibility index (Phi) is 5.52. The molecule has 1 amide bonds. The van der Waals surface area contributed by atoms with Crippen LogP contribution in [0.2, 0.25) is 0 Å². The standard InChI is InChI=1S/C18H20N2O4/c1-12(2)17(13-6-10-16(24-3)11-7-13)19-18(21)14-4-8-15(9-5-14)20(22)23/h4-12,17H,1-3H3,(H,19,21)/t17-/m1/s1. The molecule has 6 nitrogen and oxygen atoms in total. The number of rotatable bonds is 6. The van der Waals surface area contributed by atoms with Crippen LogP contribution in [0, 0.1) is 16.0 Å². The van der Waals surface area contributed by atoms with Crippen LogP contribution in [0.5, 0.6) is 5.75 Å². The number of ether oxygens (including phenoxy) is 1. The highest BCUT2D eigenvalue weighted by molar-refractivity contribution is 5.94. The molecule has 0 fully saturated rings. The first kappa shape index (κ1) is 17.5. The molecule has 0 aromatic heterocycles. The summed E-state index contributed by atoms with van der Waals surface area (Å²) in [7, 11) is 1.60. The van der Waals surface area contributed by atoms with Crippen molar-refractivity contribution in [1.82, 2.24) is 5.32 Å². The van der Waals surface area contributed by atoms with Crippen LogP contribution in [0.1, 0.15) is 35.8 Å². The second-order valence-electron chi connectivity index (χ2n) is 5.77. The van der Waals surface area contributed by atoms with Crippen molar-refractivity contribution in [2.24, 2.45) is 5.92 Å². The molecule has 0 bridgehead atoms. The van der Waals surface area contributed by atoms with E-state index in [0.717, 1.165) is 11.3 Å². The summed E-state index contributed by atoms with van der Waals surface area (Å²) in [6, 6.07) is 12.9. The number of hydrogen-bond donors (Lipinski definition) is 1. The molecule has 0 spiro atoms. The van der Waals surface area contributed by atoms with Crippen molar-refractivity contribution in [3.63, 3.8) is 0 Å². The van der Waals surface area contributed by atoms with Crippen molar-refractivity contribution >= 4 is 11.6 Å². The van der Waals surface area contributed by atoms with Gasteiger partial charge in [0.25, 0.3) is 11.6 Å². The third kappa shape index (κ3) is 4.10. The summed E-state index contributed by atoms with van der Waals surface area (Å²) >= 11 is 0. The summed E-state index contributed by atoms with van der Waals surface area (Å²) in [4.78, 5) is 22.6. The molecule has 0 saturated heterocycles. The van der Waals surface area contributed by atoms with E-state index in [1.165, 1.54) is 24.3 Å². The molecular formula is C18H20N2O4. The summed E-state index contributed by atoms with van der Waals surface area (Å²) in [5, 5.41) is 13.7. The van der Waals surface area contributed by atoms with E-state index in [2.05, 4.69) is 5.32 Å². The zero-order chi connectivity index (χ0) is 17.7. The van der Waals surface area contributed by atoms with E-state index >= 15 is 0 Å². The number of non-ortho nitro benzene ring substituents is 1. The van der Waals surface area contributed by atoms with Crippen LogP contribution < -0.4 is 10.1 Å². The van der Waals surface area contributed by atoms with Gasteiger partial charge in [-0.2, -0.15) is 0 Å². The third-order valence-corrected chi connectivity index (χ3v) is 3.77. The largest absolute Gasteiger partial charge is 0.497 e. The van der Waals surface area contributed by atoms with Crippen molar-refractivity contribution in [3.05, 3.63) is 69.8 Å². The molecule has 24 heavy (non-hydrogen) atoms. The molecule has 1 atom stereocenters. The van der Waals surface area contributed by atoms with Crippen LogP contribution in [-0.4, -0.2) is 17.9 Å². The predicted octanol–water partition coefficient (Wildman–Crippen LogP) is 3.73. The number of nitro benzene ring substituents is 1. The van der Waals surface area contributed by atoms with Gasteiger partial charge in [-0.25, -0.2) is 0 Å². The van der Waals surface area contributed by atoms with Crippen LogP contribution in [0.4, 0.5) is 5.69 Å². The lowest BCUT2D eigenvalue weighted by Gasteiger charge is -2.23. The van der Waals surface area contributed by atoms with Gasteiger partial charge in [0.1, 0.15) is 5.75 Å². The molecule has 2 aromatic carbocycles. The maximum Gasteiger partial charge on any atom is 0.269 e. The molecule has 0 heterocycles. The summed E-state index contributed by atoms with van der Waals surface area (Å²) in [6.07, 6.45) is 0. The van der Waals surface area contributed by atoms with Crippen LogP contribution in [0.15, 0.2) is 48.5 Å². The number of nitrogens with one attached hydrogen (secondary N) is 1. The highest BCUT2D eigenvalue weighted by Crippen LogP contribution is 2.24. The van der Waals surface area contributed by atoms with Gasteiger partial charge in [0.2, 0.25) is 0 Å². The van der Waals surface area contributed by atoms with Crippen LogP contribution in [0.3, 0.4) is 0 Å². The van der Waals surface area contributed by atoms with E-state index in [9.17, 15) is 14.9 Å². The minimum atomic E-state index is -0.490. The second-order valence-corrected chi connectivity index (χ2v) is 5.77. The Labute approximate surface area is 140 Å². The maximum absolute atomic E-state index is 12.4. The number of amides is 1. The Bertz CT molecular complexity index is 709. The molecule has 0 aliphatic carbocycles. The number of nitro groups is 1. The molecular weight excluding hydrogens is 308 g/mol. The Hall–Kier alpha value is -2.89. The zero-order valence-electron chi connectivity index (χ0n) is 13.9. The van der Waals surface area contributed by atoms with E-state index in [4.69, 9.17) is 4.74 Å². The maximum atomic E-state index is 12.4. The van der Waals surface area contributed by atoms with Gasteiger partial charge in [-0.15, -0.1) is 0 Å². The minimum absolute atomic E-state index is 0.0397. The van der Waals surface area contributed by atoms with Crippen LogP contribution in [-0.2, 0) is 0 Å². The molecule has 0 aliphatic heterocycles. The molecule has 6 heteroatoms. The van der Waals surface area contributed by atoms with Gasteiger partial charge in [-0.05, 0) is 35.7 Å². The SMILES string of the molecule is COc1ccc([C@H](NC(=O)c2ccc([N+](=O)[O-])cc2)C(C)C)cc1. The smallest absolute Gasteiger partial charge is 0.269 e. The fraction of sp³-hybridized carbons (Fsp3) is 0.278. The zero-order valence-corrected chi connectivity index (χ0v) is 13.9. The first-order valence-corrected chi connectivity index (χ1v) is 7.61. The van der Waals surface area contributed by atoms with Crippen molar-refractivity contribution in [3.8, 4) is 5.75 Å². The lowest BCUT2D eigenvalue weighted by atomic mass is 9.95. The molecule has 0 saturated carbocycles. The summed E-state index contributed by atoms with van der Waals surface area (Å²) < 4.78 is 5.15. The van der Waals surface area contributed by atoms with Gasteiger partial charge in [0.05, 0.1) is 18.1 Å². The Morgan fingerprint density at radius 3 is 2.12 bits per heavy atom. The van der Waals surface area contributed by atoms with E-state index < -0.39 is 4.92 Å². The van der Waals surface area contributed by atoms with Gasteiger partial charge < -0.3 is 10.1 Å². The Balaban J connectivity index is 2.17. The number of hydrogen-bond acceptors (Lipinski definition) is 4. The molecule has 1 N–H and O–H groups in total. The molecule has 126 valence electrons. The fourth-order valence-electron chi connectivity index (χ4n) is 2.41. The lowest BCUT2D eigenvalue weighted by molar-refractivity contribution is -0.384. The number of methoxy groups -OCH3 is 1. The predicted molar refractivity (Wildman–Crippen MR) is 91.1 cm³/mol. The van der Waals surface area contributed by atoms with Crippen LogP contribution >= 0.6 is 0 Å². The molecule has 0 unspecified atom stereocenters. The number of nitrogens with zero attached hydrogens (tertiary/aromatic N) is 1. The van der Waals surface area contributed by atoms with Crippen molar-refractivity contribution in [1.29, 1.82) is 0 Å². The minimum Gasteiger partial charge on any atom is -0.497 e. The topological polar surface area (TPSA) is 81.5 Å². The number of carbonyl (C=O) groups excluding carboxylic acids is 1. The molecule has 2 rings (SSSR count). The highest BCUT2D eigenvalue weighted by Gasteiger charge is 2.19. The normalized spacial score (nSPS) is 11.8. The molecule has 2 aromatic rings. The van der Waals surface area contributed by atoms with Crippen LogP contribution in [0.25, 0.3) is 0 Å². The second kappa shape index (κ2) is 7.59. The van der Waals surface area contributed by atoms with E-state index in [0.29, 0.717) is 5.56 Å². The van der Waals surface area contributed by atoms with Crippen molar-refractivity contribution in [2.45, 2.75) is 19.9 Å². The summed E-state index contributed by atoms with van der Waals surface area (Å²) in [5.74, 6) is 0.669. The van der Waals surface area contributed by atoms with Crippen molar-refractivity contribution < 1.29 is 14.5 Å². The fourth-order valence-corrected chi connectivity index (χ4v) is 2.41. The highest BCUT2D eigenvalue weighted by atomic mass is 16.6. The molecule has 0 radical (unpaired) electrons. The average Bonchev–Trinajstić information content (AvgIpc) is 2.59. The van der Waals surface area contributed by atoms with E-state index in [1.807, 2.05) is 38.1 Å². The van der Waals surface area contributed by atoms with Gasteiger partial charge in [0.15, 0.2) is 0 Å². The van der Waals surface area contributed by atoms with E-state index in [1.54, 1.807) is 7.11 Å². The van der Waals surface area contributed by atoms with Gasteiger partial charge in [0, 0.05) is 17.7 Å². The van der Waals surface area contributed by atoms with E-state index in [-0.39, 0.29) is 23.6 Å². The van der Waals surface area contributed by atoms with Gasteiger partial charge in [-0.3, -0.25) is 14.9 Å². The first-order valence-electron chi connectivity index (χ1n) is 7.61. The Morgan fingerprint density at radius 1 is 1.08 bits per heavy atom. The average molecular weight is 328 g/mol. The quantitative estimate of drug-likeness (QED) is 0.647. The first-order chi connectivity index (χ1) is 11.4. The number of benzene rings is 2. The number of carbonyl (C=O) groups is 1.